The third-order valence-electron chi connectivity index (χ3n) is 4.14. The maximum atomic E-state index is 13.3. The monoisotopic (exact) mass is 404 g/mol. The summed E-state index contributed by atoms with van der Waals surface area (Å²) in [4.78, 5) is 7.97. The van der Waals surface area contributed by atoms with Gasteiger partial charge in [0.05, 0.1) is 11.3 Å². The third-order valence-corrected chi connectivity index (χ3v) is 4.47. The second-order valence-electron chi connectivity index (χ2n) is 6.08. The number of hydrogen-bond donors (Lipinski definition) is 1. The highest BCUT2D eigenvalue weighted by atomic mass is 35.5. The molecule has 2 N–H and O–H groups in total. The lowest BCUT2D eigenvalue weighted by atomic mass is 9.99. The molecule has 0 saturated carbocycles. The van der Waals surface area contributed by atoms with Crippen LogP contribution in [0.1, 0.15) is 11.4 Å². The van der Waals surface area contributed by atoms with Gasteiger partial charge in [-0.15, -0.1) is 10.2 Å². The Balaban J connectivity index is 2.11. The van der Waals surface area contributed by atoms with E-state index in [1.165, 1.54) is 23.7 Å². The van der Waals surface area contributed by atoms with Crippen LogP contribution >= 0.6 is 11.6 Å². The predicted octanol–water partition coefficient (Wildman–Crippen LogP) is 4.42. The standard InChI is InChI=1S/C18H12ClF3N6/c1-9-6-10(7-13(25-9)18(20,21)22)14-15(11-4-2-3-5-12(11)19)26-17(23)28-8-24-27-16(14)28/h2-8H,1H3,(H2,23,26). The molecule has 0 amide bonds. The lowest BCUT2D eigenvalue weighted by Crippen LogP contribution is -2.10. The Morgan fingerprint density at radius 2 is 1.86 bits per heavy atom. The molecule has 28 heavy (non-hydrogen) atoms. The molecule has 3 aromatic heterocycles. The van der Waals surface area contributed by atoms with Crippen molar-refractivity contribution >= 4 is 23.2 Å². The topological polar surface area (TPSA) is 82.0 Å². The van der Waals surface area contributed by atoms with Crippen LogP contribution in [-0.4, -0.2) is 24.6 Å². The van der Waals surface area contributed by atoms with Gasteiger partial charge in [0.15, 0.2) is 5.65 Å². The van der Waals surface area contributed by atoms with Gasteiger partial charge in [-0.3, -0.25) is 4.40 Å². The minimum absolute atomic E-state index is 0.0838. The average Bonchev–Trinajstić information content (AvgIpc) is 3.11. The summed E-state index contributed by atoms with van der Waals surface area (Å²) in [5, 5.41) is 8.24. The molecular formula is C18H12ClF3N6. The number of rotatable bonds is 2. The van der Waals surface area contributed by atoms with Gasteiger partial charge in [-0.1, -0.05) is 29.8 Å². The van der Waals surface area contributed by atoms with E-state index in [4.69, 9.17) is 17.3 Å². The number of fused-ring (bicyclic) bond motifs is 1. The fourth-order valence-corrected chi connectivity index (χ4v) is 3.20. The van der Waals surface area contributed by atoms with Gasteiger partial charge in [0, 0.05) is 16.3 Å². The van der Waals surface area contributed by atoms with E-state index in [1.54, 1.807) is 24.3 Å². The quantitative estimate of drug-likeness (QED) is 0.535. The summed E-state index contributed by atoms with van der Waals surface area (Å²) in [6.45, 7) is 1.49. The molecule has 0 atom stereocenters. The van der Waals surface area contributed by atoms with Crippen molar-refractivity contribution in [2.75, 3.05) is 5.73 Å². The van der Waals surface area contributed by atoms with Crippen LogP contribution in [0, 0.1) is 6.92 Å². The fraction of sp³-hybridized carbons (Fsp3) is 0.111. The molecule has 0 aliphatic carbocycles. The molecule has 4 aromatic rings. The number of pyridine rings is 1. The second kappa shape index (κ2) is 6.45. The summed E-state index contributed by atoms with van der Waals surface area (Å²) in [6.07, 6.45) is -3.26. The van der Waals surface area contributed by atoms with Crippen LogP contribution < -0.4 is 5.73 Å². The van der Waals surface area contributed by atoms with E-state index in [1.807, 2.05) is 0 Å². The van der Waals surface area contributed by atoms with Gasteiger partial charge in [-0.25, -0.2) is 9.97 Å². The molecule has 1 aromatic carbocycles. The second-order valence-corrected chi connectivity index (χ2v) is 6.49. The summed E-state index contributed by atoms with van der Waals surface area (Å²) in [5.41, 5.74) is 6.84. The highest BCUT2D eigenvalue weighted by molar-refractivity contribution is 6.33. The summed E-state index contributed by atoms with van der Waals surface area (Å²) < 4.78 is 41.4. The Hall–Kier alpha value is -3.20. The third kappa shape index (κ3) is 3.03. The minimum Gasteiger partial charge on any atom is -0.369 e. The van der Waals surface area contributed by atoms with Gasteiger partial charge in [0.2, 0.25) is 5.95 Å². The molecule has 0 fully saturated rings. The summed E-state index contributed by atoms with van der Waals surface area (Å²) in [6, 6.07) is 9.33. The first-order valence-corrected chi connectivity index (χ1v) is 8.44. The number of benzene rings is 1. The SMILES string of the molecule is Cc1cc(-c2c(-c3ccccc3Cl)nc(N)n3cnnc23)cc(C(F)(F)F)n1. The molecule has 0 radical (unpaired) electrons. The molecule has 6 nitrogen and oxygen atoms in total. The smallest absolute Gasteiger partial charge is 0.369 e. The van der Waals surface area contributed by atoms with Gasteiger partial charge in [-0.05, 0) is 30.7 Å². The molecule has 0 bridgehead atoms. The molecular weight excluding hydrogens is 393 g/mol. The van der Waals surface area contributed by atoms with Crippen LogP contribution in [0.3, 0.4) is 0 Å². The van der Waals surface area contributed by atoms with E-state index in [9.17, 15) is 13.2 Å². The number of hydrogen-bond acceptors (Lipinski definition) is 5. The van der Waals surface area contributed by atoms with Crippen molar-refractivity contribution < 1.29 is 13.2 Å². The van der Waals surface area contributed by atoms with Gasteiger partial charge >= 0.3 is 6.18 Å². The maximum absolute atomic E-state index is 13.3. The minimum atomic E-state index is -4.60. The number of halogens is 4. The molecule has 0 unspecified atom stereocenters. The number of nitrogens with zero attached hydrogens (tertiary/aromatic N) is 5. The van der Waals surface area contributed by atoms with E-state index in [2.05, 4.69) is 20.2 Å². The first-order valence-electron chi connectivity index (χ1n) is 8.06. The number of nitrogen functional groups attached to an aromatic ring is 1. The molecule has 0 saturated heterocycles. The summed E-state index contributed by atoms with van der Waals surface area (Å²) >= 11 is 6.31. The molecule has 10 heteroatoms. The van der Waals surface area contributed by atoms with Crippen LogP contribution in [0.5, 0.6) is 0 Å². The molecule has 142 valence electrons. The van der Waals surface area contributed by atoms with E-state index >= 15 is 0 Å². The molecule has 0 aliphatic rings. The molecule has 4 rings (SSSR count). The number of anilines is 1. The Bertz CT molecular complexity index is 1200. The fourth-order valence-electron chi connectivity index (χ4n) is 2.98. The molecule has 0 aliphatic heterocycles. The number of aryl methyl sites for hydroxylation is 1. The Labute approximate surface area is 161 Å². The number of alkyl halides is 3. The van der Waals surface area contributed by atoms with Crippen LogP contribution in [0.15, 0.2) is 42.7 Å². The van der Waals surface area contributed by atoms with Crippen molar-refractivity contribution in [1.82, 2.24) is 24.6 Å². The lowest BCUT2D eigenvalue weighted by molar-refractivity contribution is -0.141. The highest BCUT2D eigenvalue weighted by Crippen LogP contribution is 2.39. The van der Waals surface area contributed by atoms with Crippen molar-refractivity contribution in [2.45, 2.75) is 13.1 Å². The highest BCUT2D eigenvalue weighted by Gasteiger charge is 2.33. The summed E-state index contributed by atoms with van der Waals surface area (Å²) in [7, 11) is 0. The van der Waals surface area contributed by atoms with E-state index < -0.39 is 11.9 Å². The van der Waals surface area contributed by atoms with E-state index in [0.29, 0.717) is 21.8 Å². The average molecular weight is 405 g/mol. The first kappa shape index (κ1) is 18.2. The van der Waals surface area contributed by atoms with Crippen molar-refractivity contribution in [1.29, 1.82) is 0 Å². The van der Waals surface area contributed by atoms with Crippen LogP contribution in [0.4, 0.5) is 19.1 Å². The van der Waals surface area contributed by atoms with Gasteiger partial charge < -0.3 is 5.73 Å². The number of nitrogens with two attached hydrogens (primary N) is 1. The Morgan fingerprint density at radius 1 is 1.11 bits per heavy atom. The largest absolute Gasteiger partial charge is 0.433 e. The van der Waals surface area contributed by atoms with Gasteiger partial charge in [0.25, 0.3) is 0 Å². The van der Waals surface area contributed by atoms with Crippen molar-refractivity contribution in [2.24, 2.45) is 0 Å². The van der Waals surface area contributed by atoms with E-state index in [-0.39, 0.29) is 22.9 Å². The zero-order valence-corrected chi connectivity index (χ0v) is 15.1. The van der Waals surface area contributed by atoms with Crippen molar-refractivity contribution in [3.8, 4) is 22.4 Å². The first-order chi connectivity index (χ1) is 13.3. The van der Waals surface area contributed by atoms with Crippen LogP contribution in [-0.2, 0) is 6.18 Å². The van der Waals surface area contributed by atoms with Crippen molar-refractivity contribution in [3.05, 3.63) is 59.1 Å². The number of aromatic nitrogens is 5. The molecule has 3 heterocycles. The van der Waals surface area contributed by atoms with Crippen LogP contribution in [0.2, 0.25) is 5.02 Å². The van der Waals surface area contributed by atoms with Crippen molar-refractivity contribution in [3.63, 3.8) is 0 Å². The predicted molar refractivity (Wildman–Crippen MR) is 98.6 cm³/mol. The zero-order chi connectivity index (χ0) is 20.1. The Morgan fingerprint density at radius 3 is 2.57 bits per heavy atom. The molecule has 0 spiro atoms. The van der Waals surface area contributed by atoms with Crippen LogP contribution in [0.25, 0.3) is 28.0 Å². The lowest BCUT2D eigenvalue weighted by Gasteiger charge is -2.15. The Kier molecular flexibility index (Phi) is 4.19. The van der Waals surface area contributed by atoms with Gasteiger partial charge in [0.1, 0.15) is 12.0 Å². The van der Waals surface area contributed by atoms with Gasteiger partial charge in [-0.2, -0.15) is 13.2 Å². The normalized spacial score (nSPS) is 11.9. The maximum Gasteiger partial charge on any atom is 0.433 e. The van der Waals surface area contributed by atoms with E-state index in [0.717, 1.165) is 6.07 Å². The zero-order valence-electron chi connectivity index (χ0n) is 14.4. The summed E-state index contributed by atoms with van der Waals surface area (Å²) in [5.74, 6) is 0.0838.